The normalized spacial score (nSPS) is 23.6. The van der Waals surface area contributed by atoms with E-state index in [1.54, 1.807) is 18.2 Å². The highest BCUT2D eigenvalue weighted by atomic mass is 16.6. The summed E-state index contributed by atoms with van der Waals surface area (Å²) in [6, 6.07) is 5.07. The van der Waals surface area contributed by atoms with Crippen molar-refractivity contribution in [3.8, 4) is 11.5 Å². The quantitative estimate of drug-likeness (QED) is 0.244. The number of ether oxygens (including phenoxy) is 3. The van der Waals surface area contributed by atoms with E-state index in [9.17, 15) is 20.4 Å². The van der Waals surface area contributed by atoms with E-state index < -0.39 is 37.3 Å². The van der Waals surface area contributed by atoms with Crippen molar-refractivity contribution in [1.82, 2.24) is 19.5 Å². The Hall–Kier alpha value is -3.23. The van der Waals surface area contributed by atoms with Crippen molar-refractivity contribution in [2.75, 3.05) is 38.4 Å². The molecule has 13 nitrogen and oxygen atoms in total. The van der Waals surface area contributed by atoms with Crippen LogP contribution in [0.2, 0.25) is 0 Å². The molecule has 3 heterocycles. The lowest BCUT2D eigenvalue weighted by Gasteiger charge is -2.17. The minimum absolute atomic E-state index is 0.0580. The summed E-state index contributed by atoms with van der Waals surface area (Å²) in [5, 5.41) is 43.2. The molecule has 1 aromatic carbocycles. The smallest absolute Gasteiger partial charge is 0.226 e. The molecule has 7 N–H and O–H groups in total. The van der Waals surface area contributed by atoms with Gasteiger partial charge in [0.25, 0.3) is 0 Å². The number of nitrogens with one attached hydrogen (secondary N) is 1. The van der Waals surface area contributed by atoms with Gasteiger partial charge in [-0.15, -0.1) is 0 Å². The fourth-order valence-corrected chi connectivity index (χ4v) is 3.68. The first-order valence-electron chi connectivity index (χ1n) is 10.1. The zero-order valence-electron chi connectivity index (χ0n) is 18.0. The first kappa shape index (κ1) is 22.9. The van der Waals surface area contributed by atoms with Gasteiger partial charge < -0.3 is 45.7 Å². The van der Waals surface area contributed by atoms with E-state index in [1.807, 2.05) is 0 Å². The second-order valence-electron chi connectivity index (χ2n) is 7.50. The summed E-state index contributed by atoms with van der Waals surface area (Å²) in [6.07, 6.45) is -4.11. The predicted molar refractivity (Wildman–Crippen MR) is 116 cm³/mol. The predicted octanol–water partition coefficient (Wildman–Crippen LogP) is -0.817. The maximum Gasteiger partial charge on any atom is 0.226 e. The number of aliphatic hydroxyl groups is 4. The zero-order valence-corrected chi connectivity index (χ0v) is 18.0. The summed E-state index contributed by atoms with van der Waals surface area (Å²) >= 11 is 0. The molecule has 5 atom stereocenters. The third kappa shape index (κ3) is 4.24. The summed E-state index contributed by atoms with van der Waals surface area (Å²) < 4.78 is 17.4. The van der Waals surface area contributed by atoms with Gasteiger partial charge in [0, 0.05) is 6.54 Å². The first-order valence-corrected chi connectivity index (χ1v) is 10.1. The lowest BCUT2D eigenvalue weighted by molar-refractivity contribution is -0.0511. The summed E-state index contributed by atoms with van der Waals surface area (Å²) in [6.45, 7) is -0.401. The van der Waals surface area contributed by atoms with Gasteiger partial charge in [-0.05, 0) is 17.7 Å². The molecular formula is C20H26N6O7. The molecule has 0 spiro atoms. The molecule has 4 rings (SSSR count). The monoisotopic (exact) mass is 462 g/mol. The molecule has 178 valence electrons. The van der Waals surface area contributed by atoms with Crippen LogP contribution in [0, 0.1) is 0 Å². The maximum absolute atomic E-state index is 10.6. The van der Waals surface area contributed by atoms with Gasteiger partial charge in [0.2, 0.25) is 5.95 Å². The Labute approximate surface area is 188 Å². The Bertz CT molecular complexity index is 1130. The largest absolute Gasteiger partial charge is 0.493 e. The number of aliphatic hydroxyl groups excluding tert-OH is 4. The number of fused-ring (bicyclic) bond motifs is 1. The average molecular weight is 462 g/mol. The molecule has 13 heteroatoms. The highest BCUT2D eigenvalue weighted by Gasteiger charge is 2.44. The zero-order chi connectivity index (χ0) is 23.7. The molecule has 0 radical (unpaired) electrons. The van der Waals surface area contributed by atoms with Crippen LogP contribution in [0.15, 0.2) is 24.5 Å². The molecule has 0 bridgehead atoms. The van der Waals surface area contributed by atoms with Crippen LogP contribution in [0.5, 0.6) is 11.5 Å². The van der Waals surface area contributed by atoms with E-state index in [4.69, 9.17) is 19.9 Å². The number of hydrogen-bond donors (Lipinski definition) is 6. The standard InChI is InChI=1S/C20H26N6O7/c1-31-11-4-3-9(5-12(11)32-2)10(28)6-22-20-24-17(21)14-18(25-20)26(8-23-14)19-16(30)15(29)13(7-27)33-19/h3-5,8,10,13,15-16,19,27-30H,6-7H2,1-2H3,(H3,21,22,24,25)/t10?,13-,15-,16-,19-/m1/s1. The van der Waals surface area contributed by atoms with Crippen molar-refractivity contribution in [2.45, 2.75) is 30.6 Å². The molecule has 0 saturated carbocycles. The van der Waals surface area contributed by atoms with Crippen molar-refractivity contribution < 1.29 is 34.6 Å². The SMILES string of the molecule is COc1ccc(C(O)CNc2nc(N)c3ncn([C@@H]4O[C@H](CO)[C@@H](O)[C@H]4O)c3n2)cc1OC. The van der Waals surface area contributed by atoms with Gasteiger partial charge in [-0.2, -0.15) is 9.97 Å². The molecule has 33 heavy (non-hydrogen) atoms. The van der Waals surface area contributed by atoms with Crippen molar-refractivity contribution in [3.05, 3.63) is 30.1 Å². The van der Waals surface area contributed by atoms with Gasteiger partial charge in [-0.25, -0.2) is 4.98 Å². The average Bonchev–Trinajstić information content (AvgIpc) is 3.37. The van der Waals surface area contributed by atoms with Crippen LogP contribution in [0.3, 0.4) is 0 Å². The fourth-order valence-electron chi connectivity index (χ4n) is 3.68. The highest BCUT2D eigenvalue weighted by molar-refractivity contribution is 5.83. The number of nitrogen functional groups attached to an aromatic ring is 1. The number of hydrogen-bond acceptors (Lipinski definition) is 12. The van der Waals surface area contributed by atoms with Gasteiger partial charge in [0.1, 0.15) is 23.8 Å². The van der Waals surface area contributed by atoms with E-state index in [-0.39, 0.29) is 29.5 Å². The molecule has 1 aliphatic rings. The van der Waals surface area contributed by atoms with Gasteiger partial charge >= 0.3 is 0 Å². The van der Waals surface area contributed by atoms with E-state index in [2.05, 4.69) is 20.3 Å². The van der Waals surface area contributed by atoms with Gasteiger partial charge in [0.15, 0.2) is 29.2 Å². The molecule has 3 aromatic rings. The summed E-state index contributed by atoms with van der Waals surface area (Å²) in [5.41, 5.74) is 7.13. The van der Waals surface area contributed by atoms with Crippen LogP contribution >= 0.6 is 0 Å². The van der Waals surface area contributed by atoms with Crippen LogP contribution in [0.1, 0.15) is 17.9 Å². The van der Waals surface area contributed by atoms with E-state index >= 15 is 0 Å². The van der Waals surface area contributed by atoms with Crippen molar-refractivity contribution in [3.63, 3.8) is 0 Å². The Balaban J connectivity index is 1.55. The van der Waals surface area contributed by atoms with Gasteiger partial charge in [-0.1, -0.05) is 6.07 Å². The minimum Gasteiger partial charge on any atom is -0.493 e. The Morgan fingerprint density at radius 3 is 2.61 bits per heavy atom. The second-order valence-corrected chi connectivity index (χ2v) is 7.50. The van der Waals surface area contributed by atoms with Crippen LogP contribution < -0.4 is 20.5 Å². The molecule has 2 aromatic heterocycles. The van der Waals surface area contributed by atoms with Crippen LogP contribution in [-0.4, -0.2) is 85.6 Å². The molecule has 1 saturated heterocycles. The molecule has 0 amide bonds. The molecule has 1 fully saturated rings. The van der Waals surface area contributed by atoms with Crippen molar-refractivity contribution in [2.24, 2.45) is 0 Å². The lowest BCUT2D eigenvalue weighted by Crippen LogP contribution is -2.33. The third-order valence-corrected chi connectivity index (χ3v) is 5.49. The number of nitrogens with zero attached hydrogens (tertiary/aromatic N) is 4. The fraction of sp³-hybridized carbons (Fsp3) is 0.450. The summed E-state index contributed by atoms with van der Waals surface area (Å²) in [5.74, 6) is 1.22. The van der Waals surface area contributed by atoms with E-state index in [0.717, 1.165) is 0 Å². The molecule has 1 aliphatic heterocycles. The van der Waals surface area contributed by atoms with Crippen LogP contribution in [0.25, 0.3) is 11.2 Å². The molecule has 0 aliphatic carbocycles. The first-order chi connectivity index (χ1) is 15.9. The Morgan fingerprint density at radius 2 is 1.94 bits per heavy atom. The summed E-state index contributed by atoms with van der Waals surface area (Å²) in [4.78, 5) is 12.7. The van der Waals surface area contributed by atoms with E-state index in [0.29, 0.717) is 17.1 Å². The van der Waals surface area contributed by atoms with Crippen molar-refractivity contribution in [1.29, 1.82) is 0 Å². The van der Waals surface area contributed by atoms with Gasteiger partial charge in [0.05, 0.1) is 33.3 Å². The summed E-state index contributed by atoms with van der Waals surface area (Å²) in [7, 11) is 3.03. The number of methoxy groups -OCH3 is 2. The van der Waals surface area contributed by atoms with Crippen molar-refractivity contribution >= 4 is 22.9 Å². The number of aromatic nitrogens is 4. The Kier molecular flexibility index (Phi) is 6.49. The minimum atomic E-state index is -1.31. The number of anilines is 2. The number of rotatable bonds is 8. The lowest BCUT2D eigenvalue weighted by atomic mass is 10.1. The van der Waals surface area contributed by atoms with Gasteiger partial charge in [-0.3, -0.25) is 4.57 Å². The number of benzene rings is 1. The highest BCUT2D eigenvalue weighted by Crippen LogP contribution is 2.33. The van der Waals surface area contributed by atoms with Crippen LogP contribution in [-0.2, 0) is 4.74 Å². The van der Waals surface area contributed by atoms with E-state index in [1.165, 1.54) is 25.1 Å². The molecule has 1 unspecified atom stereocenters. The third-order valence-electron chi connectivity index (χ3n) is 5.49. The van der Waals surface area contributed by atoms with Crippen LogP contribution in [0.4, 0.5) is 11.8 Å². The maximum atomic E-state index is 10.6. The molecular weight excluding hydrogens is 436 g/mol. The Morgan fingerprint density at radius 1 is 1.18 bits per heavy atom. The number of imidazole rings is 1. The number of nitrogens with two attached hydrogens (primary N) is 1. The topological polar surface area (TPSA) is 190 Å². The second kappa shape index (κ2) is 9.33.